The predicted molar refractivity (Wildman–Crippen MR) is 130 cm³/mol. The van der Waals surface area contributed by atoms with Crippen LogP contribution >= 0.6 is 0 Å². The Bertz CT molecular complexity index is 1260. The van der Waals surface area contributed by atoms with Crippen LogP contribution in [0.25, 0.3) is 16.8 Å². The van der Waals surface area contributed by atoms with Crippen molar-refractivity contribution in [1.82, 2.24) is 4.90 Å². The summed E-state index contributed by atoms with van der Waals surface area (Å²) < 4.78 is 15.9. The number of methoxy groups -OCH3 is 1. The molecule has 2 aliphatic rings. The van der Waals surface area contributed by atoms with Crippen molar-refractivity contribution in [3.8, 4) is 17.2 Å². The van der Waals surface area contributed by atoms with Crippen LogP contribution in [0.2, 0.25) is 0 Å². The number of hydrogen-bond donors (Lipinski definition) is 1. The van der Waals surface area contributed by atoms with Gasteiger partial charge in [-0.15, -0.1) is 0 Å². The van der Waals surface area contributed by atoms with Crippen LogP contribution in [0, 0.1) is 5.92 Å². The molecule has 34 heavy (non-hydrogen) atoms. The van der Waals surface area contributed by atoms with E-state index in [2.05, 4.69) is 5.32 Å². The molecule has 2 heterocycles. The van der Waals surface area contributed by atoms with Crippen LogP contribution in [0.4, 0.5) is 5.69 Å². The third kappa shape index (κ3) is 4.69. The number of benzene rings is 3. The SMILES string of the molecule is COc1ccc2cc(/C=C/C(=O)N3CCC(C(=O)Nc4ccc5c(c4)OCO5)CC3)ccc2c1. The monoisotopic (exact) mass is 458 g/mol. The van der Waals surface area contributed by atoms with E-state index >= 15 is 0 Å². The van der Waals surface area contributed by atoms with Gasteiger partial charge in [0.1, 0.15) is 5.75 Å². The van der Waals surface area contributed by atoms with Gasteiger partial charge in [0, 0.05) is 36.8 Å². The van der Waals surface area contributed by atoms with Crippen LogP contribution in [0.5, 0.6) is 17.2 Å². The molecular formula is C27H26N2O5. The first-order valence-corrected chi connectivity index (χ1v) is 11.3. The maximum absolute atomic E-state index is 12.7. The van der Waals surface area contributed by atoms with Gasteiger partial charge in [-0.1, -0.05) is 18.2 Å². The lowest BCUT2D eigenvalue weighted by molar-refractivity contribution is -0.130. The van der Waals surface area contributed by atoms with Gasteiger partial charge < -0.3 is 24.4 Å². The normalized spacial score (nSPS) is 15.6. The van der Waals surface area contributed by atoms with E-state index in [1.165, 1.54) is 0 Å². The van der Waals surface area contributed by atoms with Gasteiger partial charge in [-0.2, -0.15) is 0 Å². The number of anilines is 1. The number of carbonyl (C=O) groups is 2. The summed E-state index contributed by atoms with van der Waals surface area (Å²) in [6.07, 6.45) is 4.71. The number of amides is 2. The van der Waals surface area contributed by atoms with Crippen molar-refractivity contribution in [1.29, 1.82) is 0 Å². The summed E-state index contributed by atoms with van der Waals surface area (Å²) in [5, 5.41) is 5.13. The highest BCUT2D eigenvalue weighted by molar-refractivity contribution is 5.95. The lowest BCUT2D eigenvalue weighted by Crippen LogP contribution is -2.40. The van der Waals surface area contributed by atoms with E-state index in [9.17, 15) is 9.59 Å². The Morgan fingerprint density at radius 1 is 0.971 bits per heavy atom. The molecule has 5 rings (SSSR count). The molecule has 1 N–H and O–H groups in total. The van der Waals surface area contributed by atoms with E-state index in [1.54, 1.807) is 36.3 Å². The first-order chi connectivity index (χ1) is 16.6. The largest absolute Gasteiger partial charge is 0.497 e. The molecule has 174 valence electrons. The molecule has 2 aliphatic heterocycles. The van der Waals surface area contributed by atoms with Crippen LogP contribution in [-0.4, -0.2) is 43.7 Å². The second kappa shape index (κ2) is 9.47. The number of hydrogen-bond acceptors (Lipinski definition) is 5. The lowest BCUT2D eigenvalue weighted by Gasteiger charge is -2.30. The van der Waals surface area contributed by atoms with Crippen molar-refractivity contribution in [2.24, 2.45) is 5.92 Å². The zero-order valence-electron chi connectivity index (χ0n) is 19.0. The second-order valence-electron chi connectivity index (χ2n) is 8.46. The van der Waals surface area contributed by atoms with Crippen LogP contribution in [-0.2, 0) is 9.59 Å². The first kappa shape index (κ1) is 21.8. The summed E-state index contributed by atoms with van der Waals surface area (Å²) in [6.45, 7) is 1.31. The third-order valence-electron chi connectivity index (χ3n) is 6.31. The highest BCUT2D eigenvalue weighted by atomic mass is 16.7. The summed E-state index contributed by atoms with van der Waals surface area (Å²) in [5.74, 6) is 1.94. The molecular weight excluding hydrogens is 432 g/mol. The number of fused-ring (bicyclic) bond motifs is 2. The third-order valence-corrected chi connectivity index (χ3v) is 6.31. The van der Waals surface area contributed by atoms with Crippen LogP contribution in [0.3, 0.4) is 0 Å². The Morgan fingerprint density at radius 2 is 1.74 bits per heavy atom. The molecule has 0 aromatic heterocycles. The molecule has 3 aromatic carbocycles. The van der Waals surface area contributed by atoms with Crippen molar-refractivity contribution >= 4 is 34.4 Å². The number of carbonyl (C=O) groups excluding carboxylic acids is 2. The van der Waals surface area contributed by atoms with Crippen molar-refractivity contribution in [3.63, 3.8) is 0 Å². The minimum Gasteiger partial charge on any atom is -0.497 e. The molecule has 0 atom stereocenters. The number of ether oxygens (including phenoxy) is 3. The van der Waals surface area contributed by atoms with Gasteiger partial charge in [-0.25, -0.2) is 0 Å². The van der Waals surface area contributed by atoms with E-state index in [1.807, 2.05) is 42.5 Å². The van der Waals surface area contributed by atoms with Crippen LogP contribution in [0.1, 0.15) is 18.4 Å². The number of rotatable bonds is 5. The van der Waals surface area contributed by atoms with Gasteiger partial charge in [0.2, 0.25) is 18.6 Å². The molecule has 1 fully saturated rings. The Balaban J connectivity index is 1.14. The van der Waals surface area contributed by atoms with E-state index in [0.717, 1.165) is 22.1 Å². The smallest absolute Gasteiger partial charge is 0.246 e. The van der Waals surface area contributed by atoms with Crippen molar-refractivity contribution in [2.45, 2.75) is 12.8 Å². The zero-order chi connectivity index (χ0) is 23.5. The molecule has 0 unspecified atom stereocenters. The van der Waals surface area contributed by atoms with Crippen molar-refractivity contribution in [2.75, 3.05) is 32.3 Å². The highest BCUT2D eigenvalue weighted by Gasteiger charge is 2.27. The average molecular weight is 459 g/mol. The van der Waals surface area contributed by atoms with E-state index in [-0.39, 0.29) is 24.5 Å². The van der Waals surface area contributed by atoms with Gasteiger partial charge in [0.25, 0.3) is 0 Å². The second-order valence-corrected chi connectivity index (χ2v) is 8.46. The quantitative estimate of drug-likeness (QED) is 0.571. The van der Waals surface area contributed by atoms with Crippen molar-refractivity contribution < 1.29 is 23.8 Å². The standard InChI is InChI=1S/C27H26N2O5/c1-32-23-7-5-20-14-18(2-4-21(20)15-23)3-9-26(30)29-12-10-19(11-13-29)27(31)28-22-6-8-24-25(16-22)34-17-33-24/h2-9,14-16,19H,10-13,17H2,1H3,(H,28,31)/b9-3+. The average Bonchev–Trinajstić information content (AvgIpc) is 3.35. The van der Waals surface area contributed by atoms with E-state index in [0.29, 0.717) is 43.1 Å². The Kier molecular flexibility index (Phi) is 6.08. The maximum Gasteiger partial charge on any atom is 0.246 e. The molecule has 0 spiro atoms. The van der Waals surface area contributed by atoms with Gasteiger partial charge >= 0.3 is 0 Å². The summed E-state index contributed by atoms with van der Waals surface area (Å²) in [6, 6.07) is 17.3. The van der Waals surface area contributed by atoms with E-state index < -0.39 is 0 Å². The predicted octanol–water partition coefficient (Wildman–Crippen LogP) is 4.47. The van der Waals surface area contributed by atoms with E-state index in [4.69, 9.17) is 14.2 Å². The Hall–Kier alpha value is -4.00. The van der Waals surface area contributed by atoms with Gasteiger partial charge in [-0.3, -0.25) is 9.59 Å². The first-order valence-electron chi connectivity index (χ1n) is 11.3. The van der Waals surface area contributed by atoms with Gasteiger partial charge in [0.05, 0.1) is 7.11 Å². The van der Waals surface area contributed by atoms with Crippen LogP contribution in [0.15, 0.2) is 60.7 Å². The topological polar surface area (TPSA) is 77.1 Å². The molecule has 1 saturated heterocycles. The maximum atomic E-state index is 12.7. The van der Waals surface area contributed by atoms with Crippen LogP contribution < -0.4 is 19.5 Å². The molecule has 0 aliphatic carbocycles. The highest BCUT2D eigenvalue weighted by Crippen LogP contribution is 2.34. The molecule has 7 heteroatoms. The molecule has 3 aromatic rings. The molecule has 2 amide bonds. The summed E-state index contributed by atoms with van der Waals surface area (Å²) in [5.41, 5.74) is 1.65. The number of nitrogens with one attached hydrogen (secondary N) is 1. The molecule has 7 nitrogen and oxygen atoms in total. The number of piperidine rings is 1. The summed E-state index contributed by atoms with van der Waals surface area (Å²) in [7, 11) is 1.65. The minimum absolute atomic E-state index is 0.0331. The molecule has 0 bridgehead atoms. The number of nitrogens with zero attached hydrogens (tertiary/aromatic N) is 1. The van der Waals surface area contributed by atoms with Gasteiger partial charge in [0.15, 0.2) is 11.5 Å². The lowest BCUT2D eigenvalue weighted by atomic mass is 9.95. The Morgan fingerprint density at radius 3 is 2.56 bits per heavy atom. The fourth-order valence-corrected chi connectivity index (χ4v) is 4.33. The summed E-state index contributed by atoms with van der Waals surface area (Å²) in [4.78, 5) is 27.2. The minimum atomic E-state index is -0.129. The fourth-order valence-electron chi connectivity index (χ4n) is 4.33. The fraction of sp³-hybridized carbons (Fsp3) is 0.259. The molecule has 0 saturated carbocycles. The zero-order valence-corrected chi connectivity index (χ0v) is 19.0. The Labute approximate surface area is 197 Å². The number of likely N-dealkylation sites (tertiary alicyclic amines) is 1. The van der Waals surface area contributed by atoms with Crippen molar-refractivity contribution in [3.05, 3.63) is 66.2 Å². The molecule has 0 radical (unpaired) electrons. The summed E-state index contributed by atoms with van der Waals surface area (Å²) >= 11 is 0. The van der Waals surface area contributed by atoms with Gasteiger partial charge in [-0.05, 0) is 65.6 Å².